The second-order valence-electron chi connectivity index (χ2n) is 4.79. The minimum Gasteiger partial charge on any atom is -0.481 e. The van der Waals surface area contributed by atoms with E-state index in [4.69, 9.17) is 5.11 Å². The normalized spacial score (nSPS) is 17.8. The van der Waals surface area contributed by atoms with Gasteiger partial charge in [0.1, 0.15) is 5.82 Å². The van der Waals surface area contributed by atoms with Crippen LogP contribution in [0.2, 0.25) is 0 Å². The number of hydrogen-bond acceptors (Lipinski definition) is 4. The number of alkyl halides is 2. The molecule has 1 N–H and O–H groups in total. The van der Waals surface area contributed by atoms with Crippen LogP contribution in [0, 0.1) is 0 Å². The Kier molecular flexibility index (Phi) is 5.02. The molecule has 0 amide bonds. The molecule has 20 heavy (non-hydrogen) atoms. The lowest BCUT2D eigenvalue weighted by atomic mass is 10.3. The molecule has 1 aliphatic rings. The van der Waals surface area contributed by atoms with Gasteiger partial charge in [0.05, 0.1) is 13.0 Å². The van der Waals surface area contributed by atoms with E-state index in [-0.39, 0.29) is 6.42 Å². The average molecular weight is 288 g/mol. The molecular formula is C12H18F2N4O2. The molecule has 2 heterocycles. The third-order valence-corrected chi connectivity index (χ3v) is 3.43. The zero-order valence-electron chi connectivity index (χ0n) is 11.1. The van der Waals surface area contributed by atoms with Crippen molar-refractivity contribution in [2.45, 2.75) is 19.5 Å². The van der Waals surface area contributed by atoms with Crippen molar-refractivity contribution in [3.05, 3.63) is 18.2 Å². The number of rotatable bonds is 6. The third kappa shape index (κ3) is 3.97. The maximum absolute atomic E-state index is 12.7. The predicted octanol–water partition coefficient (Wildman–Crippen LogP) is 0.870. The molecule has 1 fully saturated rings. The Hall–Kier alpha value is -1.54. The molecule has 1 saturated heterocycles. The molecule has 0 aromatic carbocycles. The molecular weight excluding hydrogens is 270 g/mol. The van der Waals surface area contributed by atoms with Gasteiger partial charge in [0.25, 0.3) is 0 Å². The molecule has 8 heteroatoms. The number of hydrogen-bond donors (Lipinski definition) is 1. The highest BCUT2D eigenvalue weighted by molar-refractivity contribution is 5.66. The van der Waals surface area contributed by atoms with Crippen LogP contribution in [0.5, 0.6) is 0 Å². The van der Waals surface area contributed by atoms with Crippen molar-refractivity contribution in [1.82, 2.24) is 19.4 Å². The topological polar surface area (TPSA) is 61.6 Å². The fourth-order valence-electron chi connectivity index (χ4n) is 2.27. The van der Waals surface area contributed by atoms with Gasteiger partial charge in [-0.1, -0.05) is 0 Å². The quantitative estimate of drug-likeness (QED) is 0.841. The Morgan fingerprint density at radius 3 is 2.55 bits per heavy atom. The number of carboxylic acid groups (broad SMARTS) is 1. The average Bonchev–Trinajstić information content (AvgIpc) is 2.86. The molecule has 112 valence electrons. The fraction of sp³-hybridized carbons (Fsp3) is 0.667. The van der Waals surface area contributed by atoms with Crippen LogP contribution in [-0.4, -0.2) is 63.2 Å². The molecule has 1 aliphatic heterocycles. The standard InChI is InChI=1S/C12H18F2N4O2/c13-12(14)18-4-2-15-10(18)9-17-7-5-16(6-8-17)3-1-11(19)20/h2,4,12H,1,3,5-9H2,(H,19,20). The van der Waals surface area contributed by atoms with Crippen LogP contribution in [0.1, 0.15) is 18.8 Å². The van der Waals surface area contributed by atoms with Crippen LogP contribution >= 0.6 is 0 Å². The van der Waals surface area contributed by atoms with Crippen molar-refractivity contribution in [2.75, 3.05) is 32.7 Å². The van der Waals surface area contributed by atoms with Gasteiger partial charge in [-0.25, -0.2) is 4.98 Å². The fourth-order valence-corrected chi connectivity index (χ4v) is 2.27. The second kappa shape index (κ2) is 6.76. The highest BCUT2D eigenvalue weighted by atomic mass is 19.3. The monoisotopic (exact) mass is 288 g/mol. The first-order valence-electron chi connectivity index (χ1n) is 6.52. The van der Waals surface area contributed by atoms with Gasteiger partial charge in [-0.15, -0.1) is 0 Å². The van der Waals surface area contributed by atoms with Crippen LogP contribution < -0.4 is 0 Å². The summed E-state index contributed by atoms with van der Waals surface area (Å²) in [6.07, 6.45) is 2.80. The van der Waals surface area contributed by atoms with E-state index in [2.05, 4.69) is 14.8 Å². The van der Waals surface area contributed by atoms with Crippen molar-refractivity contribution in [3.63, 3.8) is 0 Å². The first kappa shape index (κ1) is 14.9. The third-order valence-electron chi connectivity index (χ3n) is 3.43. The van der Waals surface area contributed by atoms with E-state index in [9.17, 15) is 13.6 Å². The van der Waals surface area contributed by atoms with Crippen molar-refractivity contribution in [2.24, 2.45) is 0 Å². The summed E-state index contributed by atoms with van der Waals surface area (Å²) in [5.41, 5.74) is 0. The van der Waals surface area contributed by atoms with Gasteiger partial charge < -0.3 is 10.0 Å². The summed E-state index contributed by atoms with van der Waals surface area (Å²) in [6, 6.07) is 0. The summed E-state index contributed by atoms with van der Waals surface area (Å²) >= 11 is 0. The van der Waals surface area contributed by atoms with E-state index in [0.717, 1.165) is 30.7 Å². The molecule has 0 saturated carbocycles. The maximum atomic E-state index is 12.7. The van der Waals surface area contributed by atoms with E-state index in [0.29, 0.717) is 18.9 Å². The lowest BCUT2D eigenvalue weighted by Crippen LogP contribution is -2.46. The van der Waals surface area contributed by atoms with Gasteiger partial charge in [0.2, 0.25) is 0 Å². The molecule has 0 aliphatic carbocycles. The van der Waals surface area contributed by atoms with E-state index in [1.807, 2.05) is 0 Å². The molecule has 6 nitrogen and oxygen atoms in total. The van der Waals surface area contributed by atoms with Crippen LogP contribution in [0.4, 0.5) is 8.78 Å². The largest absolute Gasteiger partial charge is 0.481 e. The number of carboxylic acids is 1. The van der Waals surface area contributed by atoms with Crippen LogP contribution in [0.3, 0.4) is 0 Å². The molecule has 0 unspecified atom stereocenters. The molecule has 1 aromatic heterocycles. The molecule has 0 spiro atoms. The van der Waals surface area contributed by atoms with Crippen molar-refractivity contribution >= 4 is 5.97 Å². The summed E-state index contributed by atoms with van der Waals surface area (Å²) in [6.45, 7) is 1.33. The summed E-state index contributed by atoms with van der Waals surface area (Å²) in [4.78, 5) is 18.6. The van der Waals surface area contributed by atoms with Gasteiger partial charge in [0.15, 0.2) is 0 Å². The highest BCUT2D eigenvalue weighted by Gasteiger charge is 2.20. The van der Waals surface area contributed by atoms with E-state index in [1.54, 1.807) is 0 Å². The summed E-state index contributed by atoms with van der Waals surface area (Å²) in [7, 11) is 0. The van der Waals surface area contributed by atoms with Crippen LogP contribution in [-0.2, 0) is 11.3 Å². The lowest BCUT2D eigenvalue weighted by Gasteiger charge is -2.34. The minimum atomic E-state index is -2.57. The number of aromatic nitrogens is 2. The molecule has 0 atom stereocenters. The van der Waals surface area contributed by atoms with Crippen LogP contribution in [0.25, 0.3) is 0 Å². The minimum absolute atomic E-state index is 0.135. The summed E-state index contributed by atoms with van der Waals surface area (Å²) < 4.78 is 26.3. The van der Waals surface area contributed by atoms with Crippen molar-refractivity contribution in [1.29, 1.82) is 0 Å². The molecule has 0 bridgehead atoms. The number of halogens is 2. The van der Waals surface area contributed by atoms with E-state index < -0.39 is 12.5 Å². The number of imidazole rings is 1. The maximum Gasteiger partial charge on any atom is 0.319 e. The molecule has 1 aromatic rings. The Balaban J connectivity index is 1.79. The molecule has 2 rings (SSSR count). The highest BCUT2D eigenvalue weighted by Crippen LogP contribution is 2.14. The van der Waals surface area contributed by atoms with E-state index in [1.165, 1.54) is 12.4 Å². The molecule has 0 radical (unpaired) electrons. The Morgan fingerprint density at radius 2 is 1.95 bits per heavy atom. The Morgan fingerprint density at radius 1 is 1.30 bits per heavy atom. The number of piperazine rings is 1. The zero-order valence-corrected chi connectivity index (χ0v) is 11.1. The van der Waals surface area contributed by atoms with Gasteiger partial charge >= 0.3 is 12.5 Å². The smallest absolute Gasteiger partial charge is 0.319 e. The van der Waals surface area contributed by atoms with Crippen LogP contribution in [0.15, 0.2) is 12.4 Å². The SMILES string of the molecule is O=C(O)CCN1CCN(Cc2nccn2C(F)F)CC1. The van der Waals surface area contributed by atoms with Gasteiger partial charge in [-0.3, -0.25) is 14.3 Å². The zero-order chi connectivity index (χ0) is 14.5. The number of nitrogens with zero attached hydrogens (tertiary/aromatic N) is 4. The predicted molar refractivity (Wildman–Crippen MR) is 67.4 cm³/mol. The first-order chi connectivity index (χ1) is 9.56. The Labute approximate surface area is 115 Å². The summed E-state index contributed by atoms with van der Waals surface area (Å²) in [5, 5.41) is 8.63. The first-order valence-corrected chi connectivity index (χ1v) is 6.52. The summed E-state index contributed by atoms with van der Waals surface area (Å²) in [5.74, 6) is -0.439. The van der Waals surface area contributed by atoms with Gasteiger partial charge in [-0.05, 0) is 0 Å². The van der Waals surface area contributed by atoms with Crippen molar-refractivity contribution < 1.29 is 18.7 Å². The number of carbonyl (C=O) groups is 1. The Bertz CT molecular complexity index is 444. The second-order valence-corrected chi connectivity index (χ2v) is 4.79. The lowest BCUT2D eigenvalue weighted by molar-refractivity contribution is -0.137. The van der Waals surface area contributed by atoms with Crippen molar-refractivity contribution in [3.8, 4) is 0 Å². The number of aliphatic carboxylic acids is 1. The van der Waals surface area contributed by atoms with Gasteiger partial charge in [0, 0.05) is 45.1 Å². The van der Waals surface area contributed by atoms with E-state index >= 15 is 0 Å². The van der Waals surface area contributed by atoms with Gasteiger partial charge in [-0.2, -0.15) is 8.78 Å².